The standard InChI is InChI=1S/C22H36O3Si/c1-10-19(25-26(8,9)22(4,5)6)21(23-7)20(17(2)3)24-16-18-14-12-11-13-15-18/h10-15,19-21H,1-2,16H2,3-9H3/t19-,20+,21+/m1/s1. The van der Waals surface area contributed by atoms with Crippen molar-refractivity contribution in [3.05, 3.63) is 60.7 Å². The Balaban J connectivity index is 2.97. The van der Waals surface area contributed by atoms with Gasteiger partial charge in [0.1, 0.15) is 12.2 Å². The number of hydrogen-bond acceptors (Lipinski definition) is 3. The molecule has 0 aliphatic rings. The Morgan fingerprint density at radius 3 is 2.19 bits per heavy atom. The molecule has 0 bridgehead atoms. The van der Waals surface area contributed by atoms with Crippen molar-refractivity contribution < 1.29 is 13.9 Å². The first-order valence-electron chi connectivity index (χ1n) is 9.17. The number of hydrogen-bond donors (Lipinski definition) is 0. The van der Waals surface area contributed by atoms with E-state index in [0.29, 0.717) is 6.61 Å². The maximum absolute atomic E-state index is 6.56. The van der Waals surface area contributed by atoms with Crippen molar-refractivity contribution in [2.24, 2.45) is 0 Å². The fourth-order valence-electron chi connectivity index (χ4n) is 2.47. The van der Waals surface area contributed by atoms with Crippen LogP contribution in [-0.4, -0.2) is 33.7 Å². The molecular formula is C22H36O3Si. The second-order valence-electron chi connectivity index (χ2n) is 8.34. The van der Waals surface area contributed by atoms with E-state index < -0.39 is 8.32 Å². The monoisotopic (exact) mass is 376 g/mol. The summed E-state index contributed by atoms with van der Waals surface area (Å²) in [5.41, 5.74) is 2.03. The van der Waals surface area contributed by atoms with Gasteiger partial charge in [-0.3, -0.25) is 0 Å². The van der Waals surface area contributed by atoms with Crippen molar-refractivity contribution >= 4 is 8.32 Å². The SMILES string of the molecule is C=C[C@@H](O[Si](C)(C)C(C)(C)C)[C@H](OC)[C@@H](OCc1ccccc1)C(=C)C. The summed E-state index contributed by atoms with van der Waals surface area (Å²) in [6, 6.07) is 10.1. The number of ether oxygens (including phenoxy) is 2. The lowest BCUT2D eigenvalue weighted by molar-refractivity contribution is -0.0814. The van der Waals surface area contributed by atoms with Gasteiger partial charge < -0.3 is 13.9 Å². The van der Waals surface area contributed by atoms with Crippen LogP contribution in [0.3, 0.4) is 0 Å². The maximum atomic E-state index is 6.56. The lowest BCUT2D eigenvalue weighted by Crippen LogP contribution is -2.50. The second kappa shape index (κ2) is 9.65. The van der Waals surface area contributed by atoms with Crippen molar-refractivity contribution in [3.8, 4) is 0 Å². The predicted octanol–water partition coefficient (Wildman–Crippen LogP) is 5.74. The van der Waals surface area contributed by atoms with E-state index in [0.717, 1.165) is 11.1 Å². The van der Waals surface area contributed by atoms with E-state index in [-0.39, 0.29) is 23.4 Å². The highest BCUT2D eigenvalue weighted by Crippen LogP contribution is 2.38. The average Bonchev–Trinajstić information content (AvgIpc) is 2.56. The van der Waals surface area contributed by atoms with Gasteiger partial charge in [0.15, 0.2) is 8.32 Å². The van der Waals surface area contributed by atoms with Crippen LogP contribution >= 0.6 is 0 Å². The molecule has 0 N–H and O–H groups in total. The van der Waals surface area contributed by atoms with Gasteiger partial charge in [0.25, 0.3) is 0 Å². The number of methoxy groups -OCH3 is 1. The molecular weight excluding hydrogens is 340 g/mol. The van der Waals surface area contributed by atoms with Crippen molar-refractivity contribution in [3.63, 3.8) is 0 Å². The highest BCUT2D eigenvalue weighted by atomic mass is 28.4. The van der Waals surface area contributed by atoms with E-state index in [1.165, 1.54) is 0 Å². The minimum atomic E-state index is -1.97. The summed E-state index contributed by atoms with van der Waals surface area (Å²) in [6.45, 7) is 21.7. The quantitative estimate of drug-likeness (QED) is 0.385. The first-order chi connectivity index (χ1) is 12.0. The summed E-state index contributed by atoms with van der Waals surface area (Å²) in [4.78, 5) is 0. The van der Waals surface area contributed by atoms with E-state index in [9.17, 15) is 0 Å². The maximum Gasteiger partial charge on any atom is 0.193 e. The summed E-state index contributed by atoms with van der Waals surface area (Å²) < 4.78 is 18.6. The topological polar surface area (TPSA) is 27.7 Å². The van der Waals surface area contributed by atoms with Crippen LogP contribution in [0.4, 0.5) is 0 Å². The third-order valence-electron chi connectivity index (χ3n) is 5.12. The van der Waals surface area contributed by atoms with Gasteiger partial charge in [-0.25, -0.2) is 0 Å². The van der Waals surface area contributed by atoms with Gasteiger partial charge in [0, 0.05) is 7.11 Å². The van der Waals surface area contributed by atoms with E-state index >= 15 is 0 Å². The molecule has 26 heavy (non-hydrogen) atoms. The van der Waals surface area contributed by atoms with Crippen LogP contribution < -0.4 is 0 Å². The molecule has 0 saturated heterocycles. The first-order valence-corrected chi connectivity index (χ1v) is 12.1. The molecule has 146 valence electrons. The van der Waals surface area contributed by atoms with E-state index in [2.05, 4.69) is 59.2 Å². The van der Waals surface area contributed by atoms with Crippen LogP contribution in [0.1, 0.15) is 33.3 Å². The van der Waals surface area contributed by atoms with Gasteiger partial charge >= 0.3 is 0 Å². The number of benzene rings is 1. The molecule has 1 aromatic carbocycles. The van der Waals surface area contributed by atoms with Crippen molar-refractivity contribution in [1.29, 1.82) is 0 Å². The molecule has 0 aromatic heterocycles. The molecule has 0 amide bonds. The van der Waals surface area contributed by atoms with Gasteiger partial charge in [0.2, 0.25) is 0 Å². The Kier molecular flexibility index (Phi) is 8.48. The van der Waals surface area contributed by atoms with Gasteiger partial charge in [-0.15, -0.1) is 6.58 Å². The summed E-state index contributed by atoms with van der Waals surface area (Å²) in [5.74, 6) is 0. The van der Waals surface area contributed by atoms with Crippen LogP contribution in [-0.2, 0) is 20.5 Å². The number of rotatable bonds is 10. The van der Waals surface area contributed by atoms with E-state index in [1.54, 1.807) is 7.11 Å². The van der Waals surface area contributed by atoms with Crippen LogP contribution in [0.25, 0.3) is 0 Å². The molecule has 1 rings (SSSR count). The Morgan fingerprint density at radius 2 is 1.77 bits per heavy atom. The van der Waals surface area contributed by atoms with Crippen LogP contribution in [0.2, 0.25) is 18.1 Å². The molecule has 4 heteroatoms. The third-order valence-corrected chi connectivity index (χ3v) is 9.60. The normalized spacial score (nSPS) is 16.0. The molecule has 0 radical (unpaired) electrons. The van der Waals surface area contributed by atoms with Gasteiger partial charge in [0.05, 0.1) is 12.7 Å². The molecule has 0 spiro atoms. The average molecular weight is 377 g/mol. The molecule has 0 aliphatic carbocycles. The summed E-state index contributed by atoms with van der Waals surface area (Å²) in [7, 11) is -0.280. The first kappa shape index (κ1) is 22.8. The van der Waals surface area contributed by atoms with Gasteiger partial charge in [-0.05, 0) is 36.2 Å². The van der Waals surface area contributed by atoms with Crippen LogP contribution in [0.5, 0.6) is 0 Å². The lowest BCUT2D eigenvalue weighted by Gasteiger charge is -2.41. The van der Waals surface area contributed by atoms with Gasteiger partial charge in [-0.2, -0.15) is 0 Å². The van der Waals surface area contributed by atoms with Crippen LogP contribution in [0.15, 0.2) is 55.1 Å². The predicted molar refractivity (Wildman–Crippen MR) is 113 cm³/mol. The molecule has 3 nitrogen and oxygen atoms in total. The third kappa shape index (κ3) is 6.20. The fourth-order valence-corrected chi connectivity index (χ4v) is 3.74. The van der Waals surface area contributed by atoms with E-state index in [1.807, 2.05) is 31.2 Å². The van der Waals surface area contributed by atoms with Crippen LogP contribution in [0, 0.1) is 0 Å². The Hall–Kier alpha value is -1.20. The van der Waals surface area contributed by atoms with Crippen molar-refractivity contribution in [2.45, 2.75) is 70.7 Å². The van der Waals surface area contributed by atoms with Crippen molar-refractivity contribution in [1.82, 2.24) is 0 Å². The zero-order chi connectivity index (χ0) is 20.0. The summed E-state index contributed by atoms with van der Waals surface area (Å²) in [6.07, 6.45) is 1.02. The Morgan fingerprint density at radius 1 is 1.19 bits per heavy atom. The Labute approximate surface area is 161 Å². The molecule has 0 fully saturated rings. The largest absolute Gasteiger partial charge is 0.408 e. The molecule has 3 atom stereocenters. The minimum Gasteiger partial charge on any atom is -0.408 e. The molecule has 0 aliphatic heterocycles. The molecule has 0 unspecified atom stereocenters. The lowest BCUT2D eigenvalue weighted by atomic mass is 10.0. The highest BCUT2D eigenvalue weighted by Gasteiger charge is 2.41. The second-order valence-corrected chi connectivity index (χ2v) is 13.1. The smallest absolute Gasteiger partial charge is 0.193 e. The summed E-state index contributed by atoms with van der Waals surface area (Å²) >= 11 is 0. The highest BCUT2D eigenvalue weighted by molar-refractivity contribution is 6.74. The zero-order valence-corrected chi connectivity index (χ0v) is 18.5. The molecule has 0 saturated carbocycles. The molecule has 0 heterocycles. The minimum absolute atomic E-state index is 0.107. The zero-order valence-electron chi connectivity index (χ0n) is 17.5. The van der Waals surface area contributed by atoms with Crippen molar-refractivity contribution in [2.75, 3.05) is 7.11 Å². The van der Waals surface area contributed by atoms with Gasteiger partial charge in [-0.1, -0.05) is 63.8 Å². The fraction of sp³-hybridized carbons (Fsp3) is 0.545. The summed E-state index contributed by atoms with van der Waals surface area (Å²) in [5, 5.41) is 0.107. The van der Waals surface area contributed by atoms with E-state index in [4.69, 9.17) is 13.9 Å². The Bertz CT molecular complexity index is 575. The molecule has 1 aromatic rings.